The topological polar surface area (TPSA) is 84.9 Å². The second-order valence-corrected chi connectivity index (χ2v) is 7.62. The van der Waals surface area contributed by atoms with E-state index in [2.05, 4.69) is 15.9 Å². The third kappa shape index (κ3) is 4.44. The molecular weight excluding hydrogens is 521 g/mol. The number of alkyl halides is 3. The molecule has 0 aliphatic carbocycles. The molecule has 7 nitrogen and oxygen atoms in total. The van der Waals surface area contributed by atoms with Crippen LogP contribution in [0.25, 0.3) is 6.08 Å². The average molecular weight is 534 g/mol. The van der Waals surface area contributed by atoms with Gasteiger partial charge in [-0.05, 0) is 57.9 Å². The smallest absolute Gasteiger partial charge is 0.416 e. The van der Waals surface area contributed by atoms with Gasteiger partial charge < -0.3 is 9.47 Å². The molecule has 168 valence electrons. The number of ether oxygens (including phenoxy) is 2. The molecular formula is C20H13BrClF3N2O5. The first-order valence-corrected chi connectivity index (χ1v) is 9.84. The molecule has 4 amide bonds. The first-order chi connectivity index (χ1) is 15.0. The SMILES string of the molecule is COc1cc(/C=C2\C(=O)NC(=O)N(c3cc(C(F)(F)F)ccc3Cl)C2=O)cc(Br)c1OC. The fourth-order valence-electron chi connectivity index (χ4n) is 2.92. The summed E-state index contributed by atoms with van der Waals surface area (Å²) in [6.07, 6.45) is -3.58. The number of anilines is 1. The van der Waals surface area contributed by atoms with Crippen LogP contribution in [0.15, 0.2) is 40.4 Å². The van der Waals surface area contributed by atoms with Gasteiger partial charge in [0.05, 0.1) is 35.0 Å². The van der Waals surface area contributed by atoms with E-state index < -0.39 is 40.8 Å². The highest BCUT2D eigenvalue weighted by Gasteiger charge is 2.39. The molecule has 1 saturated heterocycles. The van der Waals surface area contributed by atoms with Crippen LogP contribution in [0.5, 0.6) is 11.5 Å². The van der Waals surface area contributed by atoms with Crippen molar-refractivity contribution in [2.24, 2.45) is 0 Å². The van der Waals surface area contributed by atoms with E-state index in [0.717, 1.165) is 12.1 Å². The van der Waals surface area contributed by atoms with E-state index in [-0.39, 0.29) is 10.8 Å². The Balaban J connectivity index is 2.10. The predicted octanol–water partition coefficient (Wildman–Crippen LogP) is 4.80. The van der Waals surface area contributed by atoms with Gasteiger partial charge in [0.25, 0.3) is 11.8 Å². The number of methoxy groups -OCH3 is 2. The highest BCUT2D eigenvalue weighted by molar-refractivity contribution is 9.10. The number of nitrogens with zero attached hydrogens (tertiary/aromatic N) is 1. The number of barbiturate groups is 1. The van der Waals surface area contributed by atoms with Crippen molar-refractivity contribution in [3.8, 4) is 11.5 Å². The van der Waals surface area contributed by atoms with Crippen LogP contribution in [0, 0.1) is 0 Å². The van der Waals surface area contributed by atoms with Crippen LogP contribution in [-0.2, 0) is 15.8 Å². The van der Waals surface area contributed by atoms with Crippen LogP contribution >= 0.6 is 27.5 Å². The zero-order valence-electron chi connectivity index (χ0n) is 16.3. The minimum absolute atomic E-state index is 0.284. The first kappa shape index (κ1) is 23.6. The van der Waals surface area contributed by atoms with E-state index in [1.807, 2.05) is 5.32 Å². The summed E-state index contributed by atoms with van der Waals surface area (Å²) in [5.41, 5.74) is -1.82. The maximum Gasteiger partial charge on any atom is 0.416 e. The van der Waals surface area contributed by atoms with Crippen LogP contribution in [0.4, 0.5) is 23.7 Å². The number of imide groups is 2. The molecule has 0 spiro atoms. The van der Waals surface area contributed by atoms with Crippen molar-refractivity contribution in [1.82, 2.24) is 5.32 Å². The number of amides is 4. The third-order valence-corrected chi connectivity index (χ3v) is 5.29. The lowest BCUT2D eigenvalue weighted by atomic mass is 10.1. The highest BCUT2D eigenvalue weighted by atomic mass is 79.9. The van der Waals surface area contributed by atoms with Crippen LogP contribution in [0.2, 0.25) is 5.02 Å². The number of hydrogen-bond donors (Lipinski definition) is 1. The van der Waals surface area contributed by atoms with Gasteiger partial charge in [-0.25, -0.2) is 9.69 Å². The molecule has 0 saturated carbocycles. The van der Waals surface area contributed by atoms with Gasteiger partial charge in [-0.2, -0.15) is 13.2 Å². The standard InChI is InChI=1S/C20H13BrClF3N2O5/c1-31-15-7-9(6-12(21)16(15)32-2)5-11-17(28)26-19(30)27(18(11)29)14-8-10(20(23,24)25)3-4-13(14)22/h3-8H,1-2H3,(H,26,28,30)/b11-5+. The zero-order valence-corrected chi connectivity index (χ0v) is 18.7. The minimum atomic E-state index is -4.74. The minimum Gasteiger partial charge on any atom is -0.493 e. The number of rotatable bonds is 4. The number of halogens is 5. The number of hydrogen-bond acceptors (Lipinski definition) is 5. The van der Waals surface area contributed by atoms with Crippen molar-refractivity contribution < 1.29 is 37.0 Å². The highest BCUT2D eigenvalue weighted by Crippen LogP contribution is 2.38. The van der Waals surface area contributed by atoms with Gasteiger partial charge in [-0.3, -0.25) is 14.9 Å². The maximum absolute atomic E-state index is 13.1. The van der Waals surface area contributed by atoms with Gasteiger partial charge in [0.1, 0.15) is 5.57 Å². The Labute approximate surface area is 192 Å². The summed E-state index contributed by atoms with van der Waals surface area (Å²) in [4.78, 5) is 38.0. The normalized spacial score (nSPS) is 15.8. The van der Waals surface area contributed by atoms with Crippen LogP contribution in [-0.4, -0.2) is 32.1 Å². The van der Waals surface area contributed by atoms with E-state index >= 15 is 0 Å². The second-order valence-electron chi connectivity index (χ2n) is 6.36. The van der Waals surface area contributed by atoms with Crippen LogP contribution in [0.3, 0.4) is 0 Å². The Morgan fingerprint density at radius 2 is 1.78 bits per heavy atom. The monoisotopic (exact) mass is 532 g/mol. The molecule has 2 aromatic rings. The number of urea groups is 1. The lowest BCUT2D eigenvalue weighted by molar-refractivity contribution is -0.137. The molecule has 0 bridgehead atoms. The van der Waals surface area contributed by atoms with Crippen molar-refractivity contribution in [1.29, 1.82) is 0 Å². The van der Waals surface area contributed by atoms with Gasteiger partial charge in [-0.15, -0.1) is 0 Å². The summed E-state index contributed by atoms with van der Waals surface area (Å²) in [7, 11) is 2.80. The average Bonchev–Trinajstić information content (AvgIpc) is 2.71. The van der Waals surface area contributed by atoms with Gasteiger partial charge in [-0.1, -0.05) is 11.6 Å². The Morgan fingerprint density at radius 3 is 2.38 bits per heavy atom. The molecule has 2 aromatic carbocycles. The molecule has 1 N–H and O–H groups in total. The summed E-state index contributed by atoms with van der Waals surface area (Å²) in [6.45, 7) is 0. The Hall–Kier alpha value is -3.05. The second kappa shape index (κ2) is 8.83. The molecule has 12 heteroatoms. The van der Waals surface area contributed by atoms with Crippen LogP contribution < -0.4 is 19.7 Å². The molecule has 0 atom stereocenters. The Kier molecular flexibility index (Phi) is 6.51. The lowest BCUT2D eigenvalue weighted by Gasteiger charge is -2.27. The molecule has 0 aromatic heterocycles. The van der Waals surface area contributed by atoms with E-state index in [1.54, 1.807) is 0 Å². The zero-order chi connectivity index (χ0) is 23.8. The van der Waals surface area contributed by atoms with E-state index in [0.29, 0.717) is 32.8 Å². The summed E-state index contributed by atoms with van der Waals surface area (Å²) >= 11 is 9.25. The molecule has 0 radical (unpaired) electrons. The van der Waals surface area contributed by atoms with Gasteiger partial charge in [0.2, 0.25) is 0 Å². The van der Waals surface area contributed by atoms with Crippen molar-refractivity contribution in [3.05, 3.63) is 56.5 Å². The van der Waals surface area contributed by atoms with Gasteiger partial charge in [0.15, 0.2) is 11.5 Å². The fraction of sp³-hybridized carbons (Fsp3) is 0.150. The van der Waals surface area contributed by atoms with Crippen LogP contribution in [0.1, 0.15) is 11.1 Å². The molecule has 1 aliphatic heterocycles. The van der Waals surface area contributed by atoms with Gasteiger partial charge in [0, 0.05) is 0 Å². The third-order valence-electron chi connectivity index (χ3n) is 4.38. The first-order valence-electron chi connectivity index (χ1n) is 8.67. The summed E-state index contributed by atoms with van der Waals surface area (Å²) in [5.74, 6) is -1.52. The molecule has 1 aliphatic rings. The number of carbonyl (C=O) groups is 3. The number of carbonyl (C=O) groups excluding carboxylic acids is 3. The molecule has 32 heavy (non-hydrogen) atoms. The van der Waals surface area contributed by atoms with E-state index in [4.69, 9.17) is 21.1 Å². The quantitative estimate of drug-likeness (QED) is 0.451. The fourth-order valence-corrected chi connectivity index (χ4v) is 3.75. The summed E-state index contributed by atoms with van der Waals surface area (Å²) < 4.78 is 50.2. The largest absolute Gasteiger partial charge is 0.493 e. The van der Waals surface area contributed by atoms with Gasteiger partial charge >= 0.3 is 12.2 Å². The van der Waals surface area contributed by atoms with Crippen molar-refractivity contribution in [2.45, 2.75) is 6.18 Å². The number of nitrogens with one attached hydrogen (secondary N) is 1. The summed E-state index contributed by atoms with van der Waals surface area (Å²) in [5, 5.41) is 1.64. The van der Waals surface area contributed by atoms with Crippen molar-refractivity contribution >= 4 is 57.1 Å². The molecule has 1 heterocycles. The number of benzene rings is 2. The predicted molar refractivity (Wildman–Crippen MR) is 113 cm³/mol. The molecule has 0 unspecified atom stereocenters. The van der Waals surface area contributed by atoms with Crippen molar-refractivity contribution in [3.63, 3.8) is 0 Å². The summed E-state index contributed by atoms with van der Waals surface area (Å²) in [6, 6.07) is 3.93. The van der Waals surface area contributed by atoms with E-state index in [9.17, 15) is 27.6 Å². The Bertz CT molecular complexity index is 1170. The van der Waals surface area contributed by atoms with E-state index in [1.165, 1.54) is 26.4 Å². The molecule has 3 rings (SSSR count). The van der Waals surface area contributed by atoms with Crippen molar-refractivity contribution in [2.75, 3.05) is 19.1 Å². The molecule has 1 fully saturated rings. The maximum atomic E-state index is 13.1. The Morgan fingerprint density at radius 1 is 1.09 bits per heavy atom. The lowest BCUT2D eigenvalue weighted by Crippen LogP contribution is -2.54.